The van der Waals surface area contributed by atoms with Gasteiger partial charge in [-0.05, 0) is 44.4 Å². The van der Waals surface area contributed by atoms with Crippen molar-refractivity contribution in [2.75, 3.05) is 7.11 Å². The Bertz CT molecular complexity index is 402. The Kier molecular flexibility index (Phi) is 4.27. The van der Waals surface area contributed by atoms with Gasteiger partial charge in [0.2, 0.25) is 5.91 Å². The maximum absolute atomic E-state index is 12.1. The van der Waals surface area contributed by atoms with E-state index in [9.17, 15) is 9.59 Å². The van der Waals surface area contributed by atoms with Gasteiger partial charge in [0.25, 0.3) is 0 Å². The van der Waals surface area contributed by atoms with E-state index in [4.69, 9.17) is 4.74 Å². The van der Waals surface area contributed by atoms with Gasteiger partial charge < -0.3 is 10.1 Å². The first-order valence-corrected chi connectivity index (χ1v) is 7.13. The lowest BCUT2D eigenvalue weighted by Gasteiger charge is -2.29. The van der Waals surface area contributed by atoms with Crippen LogP contribution in [0.1, 0.15) is 39.5 Å². The van der Waals surface area contributed by atoms with E-state index in [1.807, 2.05) is 19.9 Å². The van der Waals surface area contributed by atoms with Crippen LogP contribution >= 0.6 is 0 Å². The van der Waals surface area contributed by atoms with Gasteiger partial charge in [-0.25, -0.2) is 0 Å². The van der Waals surface area contributed by atoms with Crippen LogP contribution in [0.15, 0.2) is 11.6 Å². The van der Waals surface area contributed by atoms with Crippen LogP contribution in [0.4, 0.5) is 0 Å². The Morgan fingerprint density at radius 2 is 2.00 bits per heavy atom. The van der Waals surface area contributed by atoms with E-state index in [0.717, 1.165) is 31.3 Å². The smallest absolute Gasteiger partial charge is 0.311 e. The van der Waals surface area contributed by atoms with Crippen molar-refractivity contribution in [2.24, 2.45) is 17.8 Å². The lowest BCUT2D eigenvalue weighted by Crippen LogP contribution is -2.47. The van der Waals surface area contributed by atoms with E-state index in [-0.39, 0.29) is 23.8 Å². The fourth-order valence-electron chi connectivity index (χ4n) is 3.64. The van der Waals surface area contributed by atoms with Crippen LogP contribution < -0.4 is 5.32 Å². The third-order valence-electron chi connectivity index (χ3n) is 4.56. The van der Waals surface area contributed by atoms with Gasteiger partial charge in [0.15, 0.2) is 0 Å². The van der Waals surface area contributed by atoms with E-state index in [1.54, 1.807) is 0 Å². The standard InChI is InChI=1S/C15H23NO3/c1-4-5-9(2)14(17)16-13-11-7-6-10(8-11)12(13)15(18)19-3/h5,10-13H,4,6-8H2,1-3H3,(H,16,17)/b9-5+/t10-,11-,12-,13+/m0/s1. The molecule has 4 heteroatoms. The summed E-state index contributed by atoms with van der Waals surface area (Å²) in [6, 6.07) is -0.0427. The topological polar surface area (TPSA) is 55.4 Å². The summed E-state index contributed by atoms with van der Waals surface area (Å²) in [6.45, 7) is 3.82. The van der Waals surface area contributed by atoms with Gasteiger partial charge in [-0.3, -0.25) is 9.59 Å². The zero-order valence-electron chi connectivity index (χ0n) is 11.9. The Labute approximate surface area is 114 Å². The van der Waals surface area contributed by atoms with E-state index in [1.165, 1.54) is 7.11 Å². The van der Waals surface area contributed by atoms with Gasteiger partial charge >= 0.3 is 5.97 Å². The van der Waals surface area contributed by atoms with Crippen molar-refractivity contribution < 1.29 is 14.3 Å². The van der Waals surface area contributed by atoms with Crippen LogP contribution in [0.25, 0.3) is 0 Å². The molecule has 0 aromatic carbocycles. The number of hydrogen-bond donors (Lipinski definition) is 1. The van der Waals surface area contributed by atoms with Gasteiger partial charge in [-0.2, -0.15) is 0 Å². The molecule has 2 aliphatic carbocycles. The summed E-state index contributed by atoms with van der Waals surface area (Å²) in [4.78, 5) is 24.0. The molecule has 4 atom stereocenters. The van der Waals surface area contributed by atoms with Gasteiger partial charge in [0, 0.05) is 11.6 Å². The molecule has 0 spiro atoms. The normalized spacial score (nSPS) is 33.3. The van der Waals surface area contributed by atoms with Crippen LogP contribution in [0.3, 0.4) is 0 Å². The summed E-state index contributed by atoms with van der Waals surface area (Å²) in [5, 5.41) is 3.05. The third-order valence-corrected chi connectivity index (χ3v) is 4.56. The zero-order chi connectivity index (χ0) is 14.0. The fourth-order valence-corrected chi connectivity index (χ4v) is 3.64. The Morgan fingerprint density at radius 1 is 1.32 bits per heavy atom. The summed E-state index contributed by atoms with van der Waals surface area (Å²) in [5.74, 6) is 0.454. The minimum absolute atomic E-state index is 0.0427. The SMILES string of the molecule is CC/C=C(\C)C(=O)N[C@@H]1[C@H]2CC[C@@H](C2)[C@@H]1C(=O)OC. The van der Waals surface area contributed by atoms with Crippen molar-refractivity contribution in [1.29, 1.82) is 0 Å². The molecule has 1 amide bonds. The Hall–Kier alpha value is -1.32. The van der Waals surface area contributed by atoms with Crippen molar-refractivity contribution in [3.63, 3.8) is 0 Å². The fraction of sp³-hybridized carbons (Fsp3) is 0.733. The van der Waals surface area contributed by atoms with E-state index < -0.39 is 0 Å². The summed E-state index contributed by atoms with van der Waals surface area (Å²) >= 11 is 0. The molecule has 2 fully saturated rings. The van der Waals surface area contributed by atoms with Crippen molar-refractivity contribution >= 4 is 11.9 Å². The molecule has 1 N–H and O–H groups in total. The van der Waals surface area contributed by atoms with E-state index in [0.29, 0.717) is 11.8 Å². The number of fused-ring (bicyclic) bond motifs is 2. The molecule has 0 aromatic rings. The van der Waals surface area contributed by atoms with Gasteiger partial charge in [-0.15, -0.1) is 0 Å². The molecule has 0 heterocycles. The minimum Gasteiger partial charge on any atom is -0.469 e. The van der Waals surface area contributed by atoms with Crippen LogP contribution in [0.5, 0.6) is 0 Å². The number of esters is 1. The highest BCUT2D eigenvalue weighted by atomic mass is 16.5. The van der Waals surface area contributed by atoms with Gasteiger partial charge in [-0.1, -0.05) is 13.0 Å². The van der Waals surface area contributed by atoms with Crippen molar-refractivity contribution in [3.8, 4) is 0 Å². The number of methoxy groups -OCH3 is 1. The first-order valence-electron chi connectivity index (χ1n) is 7.13. The molecule has 2 bridgehead atoms. The van der Waals surface area contributed by atoms with Crippen molar-refractivity contribution in [3.05, 3.63) is 11.6 Å². The number of amides is 1. The minimum atomic E-state index is -0.172. The Morgan fingerprint density at radius 3 is 2.63 bits per heavy atom. The monoisotopic (exact) mass is 265 g/mol. The van der Waals surface area contributed by atoms with E-state index >= 15 is 0 Å². The van der Waals surface area contributed by atoms with Gasteiger partial charge in [0.1, 0.15) is 0 Å². The average Bonchev–Trinajstić information content (AvgIpc) is 2.99. The average molecular weight is 265 g/mol. The number of carbonyl (C=O) groups is 2. The lowest BCUT2D eigenvalue weighted by atomic mass is 9.84. The number of rotatable bonds is 4. The lowest BCUT2D eigenvalue weighted by molar-refractivity contribution is -0.148. The molecule has 4 nitrogen and oxygen atoms in total. The van der Waals surface area contributed by atoms with Crippen molar-refractivity contribution in [2.45, 2.75) is 45.6 Å². The second-order valence-electron chi connectivity index (χ2n) is 5.68. The molecule has 106 valence electrons. The molecule has 2 saturated carbocycles. The van der Waals surface area contributed by atoms with Crippen LogP contribution in [0, 0.1) is 17.8 Å². The summed E-state index contributed by atoms with van der Waals surface area (Å²) in [6.07, 6.45) is 5.99. The maximum atomic E-state index is 12.1. The van der Waals surface area contributed by atoms with Crippen LogP contribution in [0.2, 0.25) is 0 Å². The molecule has 0 aliphatic heterocycles. The number of hydrogen-bond acceptors (Lipinski definition) is 3. The molecule has 0 unspecified atom stereocenters. The second-order valence-corrected chi connectivity index (χ2v) is 5.68. The number of allylic oxidation sites excluding steroid dienone is 1. The Balaban J connectivity index is 2.07. The second kappa shape index (κ2) is 5.76. The molecule has 0 radical (unpaired) electrons. The van der Waals surface area contributed by atoms with Crippen LogP contribution in [-0.4, -0.2) is 25.0 Å². The molecule has 19 heavy (non-hydrogen) atoms. The molecular weight excluding hydrogens is 242 g/mol. The highest BCUT2D eigenvalue weighted by molar-refractivity contribution is 5.93. The van der Waals surface area contributed by atoms with E-state index in [2.05, 4.69) is 5.32 Å². The molecule has 0 aromatic heterocycles. The quantitative estimate of drug-likeness (QED) is 0.625. The predicted octanol–water partition coefficient (Wildman–Crippen LogP) is 2.05. The zero-order valence-corrected chi connectivity index (χ0v) is 11.9. The highest BCUT2D eigenvalue weighted by Crippen LogP contribution is 2.48. The largest absolute Gasteiger partial charge is 0.469 e. The summed E-state index contributed by atoms with van der Waals surface area (Å²) in [5.41, 5.74) is 0.730. The number of ether oxygens (including phenoxy) is 1. The molecule has 0 saturated heterocycles. The summed E-state index contributed by atoms with van der Waals surface area (Å²) in [7, 11) is 1.43. The number of nitrogens with one attached hydrogen (secondary N) is 1. The molecular formula is C15H23NO3. The highest BCUT2D eigenvalue weighted by Gasteiger charge is 2.51. The van der Waals surface area contributed by atoms with Gasteiger partial charge in [0.05, 0.1) is 13.0 Å². The molecule has 2 aliphatic rings. The van der Waals surface area contributed by atoms with Crippen LogP contribution in [-0.2, 0) is 14.3 Å². The predicted molar refractivity (Wildman–Crippen MR) is 72.3 cm³/mol. The maximum Gasteiger partial charge on any atom is 0.311 e. The first-order chi connectivity index (χ1) is 9.08. The third kappa shape index (κ3) is 2.67. The first kappa shape index (κ1) is 14.1. The summed E-state index contributed by atoms with van der Waals surface area (Å²) < 4.78 is 4.90. The molecule has 2 rings (SSSR count). The number of carbonyl (C=O) groups excluding carboxylic acids is 2. The van der Waals surface area contributed by atoms with Crippen molar-refractivity contribution in [1.82, 2.24) is 5.32 Å².